The first-order valence-electron chi connectivity index (χ1n) is 8.06. The zero-order chi connectivity index (χ0) is 18.5. The van der Waals surface area contributed by atoms with Gasteiger partial charge in [-0.15, -0.1) is 0 Å². The summed E-state index contributed by atoms with van der Waals surface area (Å²) in [6, 6.07) is 3.39. The Bertz CT molecular complexity index is 1280. The van der Waals surface area contributed by atoms with E-state index in [9.17, 15) is 8.78 Å². The van der Waals surface area contributed by atoms with Gasteiger partial charge in [-0.2, -0.15) is 10.2 Å². The van der Waals surface area contributed by atoms with Crippen molar-refractivity contribution in [3.05, 3.63) is 48.9 Å². The van der Waals surface area contributed by atoms with Crippen LogP contribution in [0, 0.1) is 0 Å². The van der Waals surface area contributed by atoms with E-state index in [2.05, 4.69) is 30.1 Å². The summed E-state index contributed by atoms with van der Waals surface area (Å²) in [5.41, 5.74) is 3.45. The summed E-state index contributed by atoms with van der Waals surface area (Å²) in [5, 5.41) is 9.30. The van der Waals surface area contributed by atoms with Crippen LogP contribution in [0.3, 0.4) is 0 Å². The van der Waals surface area contributed by atoms with Crippen LogP contribution in [0.2, 0.25) is 0 Å². The lowest BCUT2D eigenvalue weighted by molar-refractivity contribution is 0.143. The fraction of sp³-hybridized carbons (Fsp3) is 0.118. The number of nitrogens with one attached hydrogen (secondary N) is 1. The summed E-state index contributed by atoms with van der Waals surface area (Å²) in [6.45, 7) is 0. The largest absolute Gasteiger partial charge is 0.345 e. The number of hydrogen-bond acceptors (Lipinski definition) is 5. The highest BCUT2D eigenvalue weighted by atomic mass is 19.3. The molecule has 0 fully saturated rings. The lowest BCUT2D eigenvalue weighted by Crippen LogP contribution is -1.99. The lowest BCUT2D eigenvalue weighted by atomic mass is 10.1. The van der Waals surface area contributed by atoms with Crippen LogP contribution < -0.4 is 0 Å². The van der Waals surface area contributed by atoms with E-state index in [-0.39, 0.29) is 5.69 Å². The highest BCUT2D eigenvalue weighted by Crippen LogP contribution is 2.33. The highest BCUT2D eigenvalue weighted by molar-refractivity contribution is 6.01. The molecule has 0 aromatic carbocycles. The predicted molar refractivity (Wildman–Crippen MR) is 93.0 cm³/mol. The summed E-state index contributed by atoms with van der Waals surface area (Å²) in [4.78, 5) is 15.7. The molecule has 0 radical (unpaired) electrons. The van der Waals surface area contributed by atoms with E-state index in [4.69, 9.17) is 0 Å². The Labute approximate surface area is 150 Å². The van der Waals surface area contributed by atoms with Gasteiger partial charge in [0.05, 0.1) is 29.2 Å². The number of nitrogens with zero attached hydrogens (tertiary/aromatic N) is 7. The van der Waals surface area contributed by atoms with Gasteiger partial charge in [-0.3, -0.25) is 4.68 Å². The Morgan fingerprint density at radius 1 is 1.11 bits per heavy atom. The monoisotopic (exact) mass is 366 g/mol. The summed E-state index contributed by atoms with van der Waals surface area (Å²) in [7, 11) is 1.82. The molecule has 10 heteroatoms. The molecule has 0 spiro atoms. The van der Waals surface area contributed by atoms with Crippen molar-refractivity contribution < 1.29 is 8.78 Å². The van der Waals surface area contributed by atoms with Crippen LogP contribution in [0.4, 0.5) is 8.78 Å². The highest BCUT2D eigenvalue weighted by Gasteiger charge is 2.19. The normalized spacial score (nSPS) is 11.9. The summed E-state index contributed by atoms with van der Waals surface area (Å²) < 4.78 is 29.3. The van der Waals surface area contributed by atoms with Crippen molar-refractivity contribution in [2.45, 2.75) is 6.43 Å². The average molecular weight is 366 g/mol. The lowest BCUT2D eigenvalue weighted by Gasteiger charge is -2.05. The van der Waals surface area contributed by atoms with Crippen molar-refractivity contribution in [1.82, 2.24) is 39.3 Å². The van der Waals surface area contributed by atoms with E-state index >= 15 is 0 Å². The summed E-state index contributed by atoms with van der Waals surface area (Å²) >= 11 is 0. The standard InChI is InChI=1S/C17H12F2N8/c1-26-7-9(4-24-26)15-14-10(5-21-17(14)23-8-22-15)11-2-3-13-20-6-12(16(18)19)27(13)25-11/h2-8,16H,1H3,(H,21,22,23). The minimum atomic E-state index is -2.67. The molecule has 0 saturated heterocycles. The second-order valence-corrected chi connectivity index (χ2v) is 6.02. The van der Waals surface area contributed by atoms with Crippen LogP contribution in [0.5, 0.6) is 0 Å². The molecule has 5 aromatic heterocycles. The Morgan fingerprint density at radius 2 is 2.00 bits per heavy atom. The van der Waals surface area contributed by atoms with Crippen molar-refractivity contribution in [3.63, 3.8) is 0 Å². The van der Waals surface area contributed by atoms with Gasteiger partial charge < -0.3 is 4.98 Å². The van der Waals surface area contributed by atoms with E-state index in [1.165, 1.54) is 6.33 Å². The topological polar surface area (TPSA) is 89.6 Å². The van der Waals surface area contributed by atoms with Gasteiger partial charge >= 0.3 is 0 Å². The van der Waals surface area contributed by atoms with Gasteiger partial charge in [-0.1, -0.05) is 0 Å². The second kappa shape index (κ2) is 5.66. The van der Waals surface area contributed by atoms with Crippen molar-refractivity contribution in [3.8, 4) is 22.5 Å². The molecule has 0 aliphatic carbocycles. The maximum absolute atomic E-state index is 13.2. The molecule has 27 heavy (non-hydrogen) atoms. The van der Waals surface area contributed by atoms with E-state index in [1.807, 2.05) is 13.2 Å². The van der Waals surface area contributed by atoms with Crippen LogP contribution in [-0.4, -0.2) is 39.3 Å². The second-order valence-electron chi connectivity index (χ2n) is 6.02. The molecule has 0 aliphatic rings. The fourth-order valence-corrected chi connectivity index (χ4v) is 3.11. The minimum absolute atomic E-state index is 0.254. The van der Waals surface area contributed by atoms with E-state index in [0.717, 1.165) is 21.7 Å². The number of halogens is 2. The first kappa shape index (κ1) is 15.6. The molecule has 0 atom stereocenters. The van der Waals surface area contributed by atoms with E-state index < -0.39 is 6.43 Å². The van der Waals surface area contributed by atoms with Crippen LogP contribution in [0.1, 0.15) is 12.1 Å². The molecule has 0 saturated carbocycles. The number of aryl methyl sites for hydroxylation is 1. The van der Waals surface area contributed by atoms with Crippen molar-refractivity contribution >= 4 is 16.7 Å². The first-order valence-corrected chi connectivity index (χ1v) is 8.06. The third kappa shape index (κ3) is 2.37. The quantitative estimate of drug-likeness (QED) is 0.530. The maximum atomic E-state index is 13.2. The molecular weight excluding hydrogens is 354 g/mol. The number of fused-ring (bicyclic) bond motifs is 2. The Balaban J connectivity index is 1.76. The third-order valence-corrected chi connectivity index (χ3v) is 4.34. The van der Waals surface area contributed by atoms with Gasteiger partial charge in [0.15, 0.2) is 5.65 Å². The Kier molecular flexibility index (Phi) is 3.26. The summed E-state index contributed by atoms with van der Waals surface area (Å²) in [6.07, 6.45) is 5.23. The van der Waals surface area contributed by atoms with Crippen LogP contribution in [-0.2, 0) is 7.05 Å². The number of aromatic nitrogens is 8. The molecule has 0 aliphatic heterocycles. The number of imidazole rings is 1. The molecule has 1 N–H and O–H groups in total. The van der Waals surface area contributed by atoms with Gasteiger partial charge in [-0.05, 0) is 12.1 Å². The molecule has 8 nitrogen and oxygen atoms in total. The number of hydrogen-bond donors (Lipinski definition) is 1. The van der Waals surface area contributed by atoms with Crippen LogP contribution in [0.25, 0.3) is 39.2 Å². The molecule has 5 heterocycles. The summed E-state index contributed by atoms with van der Waals surface area (Å²) in [5.74, 6) is 0. The van der Waals surface area contributed by atoms with Crippen molar-refractivity contribution in [2.24, 2.45) is 7.05 Å². The van der Waals surface area contributed by atoms with Gasteiger partial charge in [0.2, 0.25) is 0 Å². The molecule has 5 aromatic rings. The van der Waals surface area contributed by atoms with Crippen molar-refractivity contribution in [2.75, 3.05) is 0 Å². The zero-order valence-corrected chi connectivity index (χ0v) is 14.0. The minimum Gasteiger partial charge on any atom is -0.345 e. The zero-order valence-electron chi connectivity index (χ0n) is 14.0. The number of alkyl halides is 2. The van der Waals surface area contributed by atoms with Gasteiger partial charge in [0.1, 0.15) is 17.7 Å². The smallest absolute Gasteiger partial charge is 0.282 e. The van der Waals surface area contributed by atoms with E-state index in [1.54, 1.807) is 29.2 Å². The third-order valence-electron chi connectivity index (χ3n) is 4.34. The number of rotatable bonds is 3. The Hall–Kier alpha value is -3.69. The molecular formula is C17H12F2N8. The first-order chi connectivity index (χ1) is 13.1. The van der Waals surface area contributed by atoms with Gasteiger partial charge in [-0.25, -0.2) is 28.2 Å². The van der Waals surface area contributed by atoms with Crippen molar-refractivity contribution in [1.29, 1.82) is 0 Å². The number of aromatic amines is 1. The Morgan fingerprint density at radius 3 is 2.78 bits per heavy atom. The van der Waals surface area contributed by atoms with Crippen LogP contribution >= 0.6 is 0 Å². The van der Waals surface area contributed by atoms with Crippen LogP contribution in [0.15, 0.2) is 43.2 Å². The van der Waals surface area contributed by atoms with E-state index in [0.29, 0.717) is 28.2 Å². The SMILES string of the molecule is Cn1cc(-c2ncnc3[nH]cc(-c4ccc5ncc(C(F)F)n5n4)c23)cn1. The molecule has 0 amide bonds. The molecule has 0 bridgehead atoms. The molecule has 5 rings (SSSR count). The number of H-pyrrole nitrogens is 1. The molecule has 134 valence electrons. The maximum Gasteiger partial charge on any atom is 0.282 e. The molecule has 0 unspecified atom stereocenters. The van der Waals surface area contributed by atoms with Gasteiger partial charge in [0, 0.05) is 30.6 Å². The average Bonchev–Trinajstić information content (AvgIpc) is 3.38. The predicted octanol–water partition coefficient (Wildman–Crippen LogP) is 3.01. The van der Waals surface area contributed by atoms with Gasteiger partial charge in [0.25, 0.3) is 6.43 Å². The fourth-order valence-electron chi connectivity index (χ4n) is 3.11.